The zero-order chi connectivity index (χ0) is 30.7. The Morgan fingerprint density at radius 2 is 1.26 bits per heavy atom. The number of nitrogens with zero attached hydrogens (tertiary/aromatic N) is 4. The van der Waals surface area contributed by atoms with Gasteiger partial charge in [0.05, 0.1) is 23.4 Å². The predicted octanol–water partition coefficient (Wildman–Crippen LogP) is 4.86. The molecule has 0 saturated heterocycles. The van der Waals surface area contributed by atoms with Crippen LogP contribution in [-0.4, -0.2) is 60.3 Å². The molecule has 5 aromatic rings. The van der Waals surface area contributed by atoms with Crippen molar-refractivity contribution >= 4 is 32.0 Å². The van der Waals surface area contributed by atoms with Crippen molar-refractivity contribution in [3.63, 3.8) is 0 Å². The smallest absolute Gasteiger partial charge is 0.412 e. The van der Waals surface area contributed by atoms with Crippen molar-refractivity contribution in [3.05, 3.63) is 80.5 Å². The molecule has 11 heteroatoms. The molecule has 0 aliphatic carbocycles. The number of hydrogen-bond donors (Lipinski definition) is 2. The topological polar surface area (TPSA) is 117 Å². The van der Waals surface area contributed by atoms with Crippen LogP contribution >= 0.6 is 11.3 Å². The molecule has 3 heterocycles. The number of rotatable bonds is 12. The van der Waals surface area contributed by atoms with Crippen LogP contribution in [-0.2, 0) is 13.1 Å². The standard InChI is InChI=1S/C32H38N6O4S/c1-7-23(37(3)4)33-17-19-9-13-21(14-10-19)26-25-27-32(42-31(40)30(39)41-27)43-29(25)36-28(35-26)22-15-11-20(12-16-22)18-34-24(8-2)38(5)6/h9-16,23-24,33-34H,7-8,17-18H2,1-6H3. The first-order valence-electron chi connectivity index (χ1n) is 14.4. The fourth-order valence-corrected chi connectivity index (χ4v) is 6.07. The molecular weight excluding hydrogens is 564 g/mol. The van der Waals surface area contributed by atoms with Gasteiger partial charge in [-0.05, 0) is 52.2 Å². The van der Waals surface area contributed by atoms with Gasteiger partial charge in [-0.1, -0.05) is 73.7 Å². The van der Waals surface area contributed by atoms with E-state index in [1.54, 1.807) is 0 Å². The third kappa shape index (κ3) is 6.76. The highest BCUT2D eigenvalue weighted by Crippen LogP contribution is 2.38. The third-order valence-electron chi connectivity index (χ3n) is 7.57. The summed E-state index contributed by atoms with van der Waals surface area (Å²) in [4.78, 5) is 38.9. The number of aromatic nitrogens is 2. The largest absolute Gasteiger partial charge is 0.424 e. The molecule has 2 N–H and O–H groups in total. The van der Waals surface area contributed by atoms with E-state index in [0.717, 1.165) is 59.5 Å². The lowest BCUT2D eigenvalue weighted by Gasteiger charge is -2.24. The normalized spacial score (nSPS) is 13.4. The molecule has 2 aromatic carbocycles. The van der Waals surface area contributed by atoms with E-state index in [0.29, 0.717) is 27.9 Å². The SMILES string of the molecule is CCC(NCc1ccc(-c2nc(-c3ccc(CNC(CC)N(C)C)cc3)c3c(n2)sc2oc(=O)c(=O)oc23)cc1)N(C)C. The summed E-state index contributed by atoms with van der Waals surface area (Å²) in [6, 6.07) is 16.3. The average molecular weight is 603 g/mol. The van der Waals surface area contributed by atoms with Crippen molar-refractivity contribution in [2.45, 2.75) is 52.1 Å². The van der Waals surface area contributed by atoms with Gasteiger partial charge in [0.2, 0.25) is 4.90 Å². The van der Waals surface area contributed by atoms with E-state index in [-0.39, 0.29) is 16.6 Å². The lowest BCUT2D eigenvalue weighted by Crippen LogP contribution is -2.40. The molecule has 10 nitrogen and oxygen atoms in total. The van der Waals surface area contributed by atoms with Gasteiger partial charge in [0.15, 0.2) is 11.4 Å². The van der Waals surface area contributed by atoms with E-state index < -0.39 is 11.3 Å². The highest BCUT2D eigenvalue weighted by molar-refractivity contribution is 7.24. The molecule has 0 spiro atoms. The molecule has 0 saturated carbocycles. The molecule has 0 aliphatic rings. The minimum Gasteiger partial charge on any atom is -0.412 e. The van der Waals surface area contributed by atoms with Crippen LogP contribution in [0.5, 0.6) is 0 Å². The van der Waals surface area contributed by atoms with E-state index in [2.05, 4.69) is 86.7 Å². The van der Waals surface area contributed by atoms with Gasteiger partial charge in [0, 0.05) is 24.2 Å². The lowest BCUT2D eigenvalue weighted by atomic mass is 10.1. The van der Waals surface area contributed by atoms with Crippen LogP contribution in [0.1, 0.15) is 37.8 Å². The van der Waals surface area contributed by atoms with E-state index in [1.807, 2.05) is 24.3 Å². The summed E-state index contributed by atoms with van der Waals surface area (Å²) in [7, 11) is 8.25. The van der Waals surface area contributed by atoms with Crippen LogP contribution in [0.4, 0.5) is 0 Å². The molecule has 3 aromatic heterocycles. The monoisotopic (exact) mass is 602 g/mol. The average Bonchev–Trinajstić information content (AvgIpc) is 3.34. The van der Waals surface area contributed by atoms with Gasteiger partial charge in [0.25, 0.3) is 0 Å². The first kappa shape index (κ1) is 30.7. The summed E-state index contributed by atoms with van der Waals surface area (Å²) < 4.78 is 10.7. The minimum absolute atomic E-state index is 0.182. The van der Waals surface area contributed by atoms with Gasteiger partial charge in [-0.15, -0.1) is 0 Å². The highest BCUT2D eigenvalue weighted by atomic mass is 32.1. The number of thiophene rings is 1. The van der Waals surface area contributed by atoms with Crippen molar-refractivity contribution in [3.8, 4) is 22.6 Å². The van der Waals surface area contributed by atoms with E-state index in [1.165, 1.54) is 0 Å². The molecule has 0 aliphatic heterocycles. The molecule has 0 radical (unpaired) electrons. The van der Waals surface area contributed by atoms with E-state index in [9.17, 15) is 9.59 Å². The van der Waals surface area contributed by atoms with Gasteiger partial charge >= 0.3 is 11.3 Å². The Morgan fingerprint density at radius 1 is 0.744 bits per heavy atom. The molecule has 0 amide bonds. The van der Waals surface area contributed by atoms with E-state index in [4.69, 9.17) is 18.8 Å². The molecule has 2 atom stereocenters. The first-order valence-corrected chi connectivity index (χ1v) is 15.3. The summed E-state index contributed by atoms with van der Waals surface area (Å²) in [5, 5.41) is 7.68. The second-order valence-electron chi connectivity index (χ2n) is 11.0. The summed E-state index contributed by atoms with van der Waals surface area (Å²) in [5.41, 5.74) is 2.65. The van der Waals surface area contributed by atoms with Crippen molar-refractivity contribution in [2.24, 2.45) is 0 Å². The Hall–Kier alpha value is -3.74. The number of fused-ring (bicyclic) bond motifs is 3. The molecule has 2 unspecified atom stereocenters. The third-order valence-corrected chi connectivity index (χ3v) is 8.51. The second-order valence-corrected chi connectivity index (χ2v) is 12.0. The lowest BCUT2D eigenvalue weighted by molar-refractivity contribution is 0.237. The van der Waals surface area contributed by atoms with Gasteiger partial charge < -0.3 is 8.83 Å². The van der Waals surface area contributed by atoms with Gasteiger partial charge in [-0.3, -0.25) is 20.4 Å². The Kier molecular flexibility index (Phi) is 9.48. The number of benzene rings is 2. The van der Waals surface area contributed by atoms with Crippen molar-refractivity contribution in [1.29, 1.82) is 0 Å². The van der Waals surface area contributed by atoms with Crippen LogP contribution in [0.3, 0.4) is 0 Å². The molecular formula is C32H38N6O4S. The van der Waals surface area contributed by atoms with Gasteiger partial charge in [-0.2, -0.15) is 0 Å². The molecule has 226 valence electrons. The summed E-state index contributed by atoms with van der Waals surface area (Å²) >= 11 is 1.16. The molecule has 43 heavy (non-hydrogen) atoms. The summed E-state index contributed by atoms with van der Waals surface area (Å²) in [6.07, 6.45) is 2.57. The van der Waals surface area contributed by atoms with Gasteiger partial charge in [0.1, 0.15) is 4.83 Å². The summed E-state index contributed by atoms with van der Waals surface area (Å²) in [5.74, 6) is 0.528. The predicted molar refractivity (Wildman–Crippen MR) is 172 cm³/mol. The molecule has 0 bridgehead atoms. The van der Waals surface area contributed by atoms with Crippen molar-refractivity contribution < 1.29 is 8.83 Å². The number of nitrogens with one attached hydrogen (secondary N) is 2. The Labute approximate surface area is 254 Å². The van der Waals surface area contributed by atoms with Crippen LogP contribution < -0.4 is 21.9 Å². The van der Waals surface area contributed by atoms with E-state index >= 15 is 0 Å². The molecule has 0 fully saturated rings. The highest BCUT2D eigenvalue weighted by Gasteiger charge is 2.21. The maximum atomic E-state index is 12.1. The minimum atomic E-state index is -1.06. The zero-order valence-corrected chi connectivity index (χ0v) is 26.2. The van der Waals surface area contributed by atoms with Crippen LogP contribution in [0.15, 0.2) is 67.0 Å². The van der Waals surface area contributed by atoms with Crippen LogP contribution in [0, 0.1) is 0 Å². The summed E-state index contributed by atoms with van der Waals surface area (Å²) in [6.45, 7) is 5.78. The molecule has 5 rings (SSSR count). The number of hydrogen-bond acceptors (Lipinski definition) is 11. The fourth-order valence-electron chi connectivity index (χ4n) is 5.12. The maximum absolute atomic E-state index is 12.1. The Balaban J connectivity index is 1.52. The maximum Gasteiger partial charge on any atom is 0.424 e. The zero-order valence-electron chi connectivity index (χ0n) is 25.4. The van der Waals surface area contributed by atoms with Gasteiger partial charge in [-0.25, -0.2) is 19.6 Å². The van der Waals surface area contributed by atoms with Crippen molar-refractivity contribution in [2.75, 3.05) is 28.2 Å². The fraction of sp³-hybridized carbons (Fsp3) is 0.375. The van der Waals surface area contributed by atoms with Crippen LogP contribution in [0.25, 0.3) is 43.3 Å². The van der Waals surface area contributed by atoms with Crippen LogP contribution in [0.2, 0.25) is 0 Å². The Bertz CT molecular complexity index is 1810. The Morgan fingerprint density at radius 3 is 1.77 bits per heavy atom. The second kappa shape index (κ2) is 13.3. The first-order chi connectivity index (χ1) is 20.7. The quantitative estimate of drug-likeness (QED) is 0.151. The van der Waals surface area contributed by atoms with Crippen molar-refractivity contribution in [1.82, 2.24) is 30.4 Å².